The van der Waals surface area contributed by atoms with Crippen LogP contribution in [0.25, 0.3) is 0 Å². The highest BCUT2D eigenvalue weighted by Gasteiger charge is 2.39. The van der Waals surface area contributed by atoms with Crippen LogP contribution in [0.1, 0.15) is 20.7 Å². The molecule has 24 heavy (non-hydrogen) atoms. The van der Waals surface area contributed by atoms with Crippen LogP contribution < -0.4 is 0 Å². The summed E-state index contributed by atoms with van der Waals surface area (Å²) in [5, 5.41) is 0. The highest BCUT2D eigenvalue weighted by atomic mass is 16.6. The van der Waals surface area contributed by atoms with Gasteiger partial charge in [0.25, 0.3) is 11.8 Å². The molecule has 2 heterocycles. The summed E-state index contributed by atoms with van der Waals surface area (Å²) >= 11 is 0. The van der Waals surface area contributed by atoms with Crippen molar-refractivity contribution in [3.8, 4) is 0 Å². The number of nitrogens with zero attached hydrogens (tertiary/aromatic N) is 2. The fourth-order valence-electron chi connectivity index (χ4n) is 2.79. The lowest BCUT2D eigenvalue weighted by atomic mass is 9.97. The summed E-state index contributed by atoms with van der Waals surface area (Å²) in [5.41, 5.74) is 0.492. The molecular weight excluding hydrogens is 316 g/mol. The van der Waals surface area contributed by atoms with Crippen LogP contribution in [0.3, 0.4) is 0 Å². The molecule has 2 aliphatic heterocycles. The Morgan fingerprint density at radius 2 is 1.88 bits per heavy atom. The van der Waals surface area contributed by atoms with Gasteiger partial charge in [-0.15, -0.1) is 0 Å². The van der Waals surface area contributed by atoms with Gasteiger partial charge in [-0.1, -0.05) is 12.1 Å². The van der Waals surface area contributed by atoms with E-state index in [1.165, 1.54) is 13.2 Å². The molecule has 1 aromatic rings. The van der Waals surface area contributed by atoms with E-state index in [4.69, 9.17) is 0 Å². The number of methoxy groups -OCH3 is 1. The number of ether oxygens (including phenoxy) is 2. The molecule has 0 N–H and O–H groups in total. The van der Waals surface area contributed by atoms with E-state index in [1.54, 1.807) is 23.1 Å². The van der Waals surface area contributed by atoms with Crippen LogP contribution in [0.2, 0.25) is 0 Å². The minimum atomic E-state index is -0.638. The Balaban J connectivity index is 1.62. The van der Waals surface area contributed by atoms with Gasteiger partial charge in [0.2, 0.25) is 0 Å². The molecule has 2 saturated heterocycles. The molecule has 0 bridgehead atoms. The summed E-state index contributed by atoms with van der Waals surface area (Å²) in [5.74, 6) is -1.20. The van der Waals surface area contributed by atoms with E-state index in [1.807, 2.05) is 0 Å². The number of benzene rings is 1. The minimum absolute atomic E-state index is 0.00818. The standard InChI is InChI=1S/C16H16N2O6/c1-23-15(21)12-5-3-2-4-11(12)14(20)17-6-10(7-17)8-18-13(19)9-24-16(18)22/h2-5,10H,6-9H2,1H3. The van der Waals surface area contributed by atoms with Gasteiger partial charge in [0, 0.05) is 25.6 Å². The maximum absolute atomic E-state index is 12.5. The third kappa shape index (κ3) is 2.82. The van der Waals surface area contributed by atoms with Crippen molar-refractivity contribution in [2.75, 3.05) is 33.4 Å². The van der Waals surface area contributed by atoms with Crippen LogP contribution in [0.4, 0.5) is 4.79 Å². The van der Waals surface area contributed by atoms with Gasteiger partial charge < -0.3 is 14.4 Å². The fourth-order valence-corrected chi connectivity index (χ4v) is 2.79. The van der Waals surface area contributed by atoms with Gasteiger partial charge in [0.1, 0.15) is 0 Å². The van der Waals surface area contributed by atoms with Crippen LogP contribution >= 0.6 is 0 Å². The Hall–Kier alpha value is -2.90. The Morgan fingerprint density at radius 3 is 2.46 bits per heavy atom. The van der Waals surface area contributed by atoms with Crippen molar-refractivity contribution < 1.29 is 28.7 Å². The molecule has 0 unspecified atom stereocenters. The van der Waals surface area contributed by atoms with E-state index in [0.29, 0.717) is 13.1 Å². The lowest BCUT2D eigenvalue weighted by molar-refractivity contribution is -0.126. The zero-order valence-corrected chi connectivity index (χ0v) is 13.1. The van der Waals surface area contributed by atoms with Crippen molar-refractivity contribution in [2.45, 2.75) is 0 Å². The lowest BCUT2D eigenvalue weighted by Gasteiger charge is -2.40. The molecule has 1 aromatic carbocycles. The van der Waals surface area contributed by atoms with E-state index in [9.17, 15) is 19.2 Å². The molecule has 3 amide bonds. The van der Waals surface area contributed by atoms with Crippen molar-refractivity contribution >= 4 is 23.9 Å². The number of likely N-dealkylation sites (tertiary alicyclic amines) is 1. The van der Waals surface area contributed by atoms with Crippen molar-refractivity contribution in [1.29, 1.82) is 0 Å². The van der Waals surface area contributed by atoms with E-state index in [2.05, 4.69) is 9.47 Å². The zero-order chi connectivity index (χ0) is 17.3. The Bertz CT molecular complexity index is 694. The van der Waals surface area contributed by atoms with Crippen LogP contribution in [-0.2, 0) is 14.3 Å². The zero-order valence-electron chi connectivity index (χ0n) is 13.1. The second kappa shape index (κ2) is 6.31. The minimum Gasteiger partial charge on any atom is -0.465 e. The van der Waals surface area contributed by atoms with Gasteiger partial charge in [0.15, 0.2) is 6.61 Å². The van der Waals surface area contributed by atoms with E-state index < -0.39 is 12.1 Å². The maximum Gasteiger partial charge on any atom is 0.417 e. The monoisotopic (exact) mass is 332 g/mol. The number of hydrogen-bond acceptors (Lipinski definition) is 6. The second-order valence-corrected chi connectivity index (χ2v) is 5.67. The quantitative estimate of drug-likeness (QED) is 0.747. The first-order valence-electron chi connectivity index (χ1n) is 7.45. The van der Waals surface area contributed by atoms with Crippen molar-refractivity contribution in [3.63, 3.8) is 0 Å². The average Bonchev–Trinajstić information content (AvgIpc) is 2.87. The average molecular weight is 332 g/mol. The third-order valence-electron chi connectivity index (χ3n) is 4.09. The highest BCUT2D eigenvalue weighted by Crippen LogP contribution is 2.23. The first-order chi connectivity index (χ1) is 11.5. The fraction of sp³-hybridized carbons (Fsp3) is 0.375. The van der Waals surface area contributed by atoms with Crippen LogP contribution in [0.5, 0.6) is 0 Å². The summed E-state index contributed by atoms with van der Waals surface area (Å²) in [4.78, 5) is 49.8. The summed E-state index contributed by atoms with van der Waals surface area (Å²) in [6, 6.07) is 6.45. The number of imide groups is 1. The summed E-state index contributed by atoms with van der Waals surface area (Å²) in [6.07, 6.45) is -0.638. The predicted octanol–water partition coefficient (Wildman–Crippen LogP) is 0.524. The molecule has 3 rings (SSSR count). The van der Waals surface area contributed by atoms with Crippen molar-refractivity contribution in [2.24, 2.45) is 5.92 Å². The number of carbonyl (C=O) groups is 4. The van der Waals surface area contributed by atoms with Gasteiger partial charge in [0.05, 0.1) is 18.2 Å². The molecular formula is C16H16N2O6. The van der Waals surface area contributed by atoms with Gasteiger partial charge in [-0.05, 0) is 12.1 Å². The van der Waals surface area contributed by atoms with Gasteiger partial charge >= 0.3 is 12.1 Å². The number of amides is 3. The Labute approximate surface area is 137 Å². The van der Waals surface area contributed by atoms with E-state index in [0.717, 1.165) is 4.90 Å². The topological polar surface area (TPSA) is 93.2 Å². The van der Waals surface area contributed by atoms with Gasteiger partial charge in [-0.3, -0.25) is 9.59 Å². The first-order valence-corrected chi connectivity index (χ1v) is 7.45. The molecule has 0 atom stereocenters. The molecule has 2 aliphatic rings. The smallest absolute Gasteiger partial charge is 0.417 e. The molecule has 8 nitrogen and oxygen atoms in total. The van der Waals surface area contributed by atoms with Crippen LogP contribution in [0.15, 0.2) is 24.3 Å². The number of cyclic esters (lactones) is 1. The van der Waals surface area contributed by atoms with E-state index in [-0.39, 0.29) is 42.0 Å². The van der Waals surface area contributed by atoms with Crippen LogP contribution in [0, 0.1) is 5.92 Å². The molecule has 126 valence electrons. The van der Waals surface area contributed by atoms with E-state index >= 15 is 0 Å². The molecule has 0 saturated carbocycles. The van der Waals surface area contributed by atoms with Crippen LogP contribution in [-0.4, -0.2) is 67.0 Å². The van der Waals surface area contributed by atoms with Crippen molar-refractivity contribution in [3.05, 3.63) is 35.4 Å². The molecule has 0 aromatic heterocycles. The number of rotatable bonds is 4. The highest BCUT2D eigenvalue weighted by molar-refractivity contribution is 6.05. The first kappa shape index (κ1) is 16.0. The Kier molecular flexibility index (Phi) is 4.20. The molecule has 8 heteroatoms. The second-order valence-electron chi connectivity index (χ2n) is 5.67. The predicted molar refractivity (Wildman–Crippen MR) is 80.2 cm³/mol. The number of carbonyl (C=O) groups excluding carboxylic acids is 4. The summed E-state index contributed by atoms with van der Waals surface area (Å²) in [6.45, 7) is 0.831. The normalized spacial score (nSPS) is 17.5. The van der Waals surface area contributed by atoms with Crippen molar-refractivity contribution in [1.82, 2.24) is 9.80 Å². The molecule has 0 spiro atoms. The number of hydrogen-bond donors (Lipinski definition) is 0. The lowest BCUT2D eigenvalue weighted by Crippen LogP contribution is -2.54. The largest absolute Gasteiger partial charge is 0.465 e. The maximum atomic E-state index is 12.5. The summed E-state index contributed by atoms with van der Waals surface area (Å²) < 4.78 is 9.34. The van der Waals surface area contributed by atoms with Gasteiger partial charge in [-0.2, -0.15) is 0 Å². The molecule has 0 aliphatic carbocycles. The van der Waals surface area contributed by atoms with Gasteiger partial charge in [-0.25, -0.2) is 14.5 Å². The number of esters is 1. The third-order valence-corrected chi connectivity index (χ3v) is 4.09. The molecule has 0 radical (unpaired) electrons. The Morgan fingerprint density at radius 1 is 1.21 bits per heavy atom. The SMILES string of the molecule is COC(=O)c1ccccc1C(=O)N1CC(CN2C(=O)COC2=O)C1. The summed E-state index contributed by atoms with van der Waals surface area (Å²) in [7, 11) is 1.26. The molecule has 2 fully saturated rings.